The number of aryl methyl sites for hydroxylation is 1. The first-order valence-corrected chi connectivity index (χ1v) is 9.57. The zero-order chi connectivity index (χ0) is 19.4. The Bertz CT molecular complexity index is 787. The molecule has 1 heterocycles. The molecule has 2 aromatic rings. The molecule has 2 aromatic carbocycles. The number of nitrogens with zero attached hydrogens (tertiary/aromatic N) is 2. The second-order valence-electron chi connectivity index (χ2n) is 7.00. The molecule has 0 radical (unpaired) electrons. The summed E-state index contributed by atoms with van der Waals surface area (Å²) in [6.45, 7) is 7.82. The van der Waals surface area contributed by atoms with Gasteiger partial charge in [-0.1, -0.05) is 11.6 Å². The molecule has 0 bridgehead atoms. The zero-order valence-corrected chi connectivity index (χ0v) is 16.8. The summed E-state index contributed by atoms with van der Waals surface area (Å²) in [4.78, 5) is 17.1. The van der Waals surface area contributed by atoms with Crippen LogP contribution in [0.2, 0.25) is 5.02 Å². The number of hydrogen-bond donors (Lipinski definition) is 1. The van der Waals surface area contributed by atoms with Crippen molar-refractivity contribution in [2.75, 3.05) is 43.4 Å². The van der Waals surface area contributed by atoms with Gasteiger partial charge in [-0.15, -0.1) is 0 Å². The van der Waals surface area contributed by atoms with E-state index < -0.39 is 6.10 Å². The second kappa shape index (κ2) is 8.63. The Morgan fingerprint density at radius 2 is 1.78 bits per heavy atom. The van der Waals surface area contributed by atoms with Crippen molar-refractivity contribution < 1.29 is 9.53 Å². The fourth-order valence-electron chi connectivity index (χ4n) is 3.05. The number of halogens is 1. The molecule has 1 fully saturated rings. The monoisotopic (exact) mass is 387 g/mol. The van der Waals surface area contributed by atoms with Crippen LogP contribution >= 0.6 is 11.6 Å². The van der Waals surface area contributed by atoms with E-state index in [0.717, 1.165) is 37.4 Å². The van der Waals surface area contributed by atoms with Crippen LogP contribution in [0.1, 0.15) is 12.5 Å². The Balaban J connectivity index is 1.57. The lowest BCUT2D eigenvalue weighted by Gasteiger charge is -2.34. The summed E-state index contributed by atoms with van der Waals surface area (Å²) in [7, 11) is 2.14. The Morgan fingerprint density at radius 3 is 2.41 bits per heavy atom. The summed E-state index contributed by atoms with van der Waals surface area (Å²) in [6.07, 6.45) is -0.609. The Morgan fingerprint density at radius 1 is 1.11 bits per heavy atom. The van der Waals surface area contributed by atoms with E-state index in [-0.39, 0.29) is 5.91 Å². The maximum absolute atomic E-state index is 12.4. The van der Waals surface area contributed by atoms with Crippen LogP contribution in [0, 0.1) is 6.92 Å². The Kier molecular flexibility index (Phi) is 6.24. The van der Waals surface area contributed by atoms with Crippen molar-refractivity contribution in [1.82, 2.24) is 4.90 Å². The predicted molar refractivity (Wildman–Crippen MR) is 111 cm³/mol. The minimum Gasteiger partial charge on any atom is -0.481 e. The van der Waals surface area contributed by atoms with Crippen LogP contribution in [-0.4, -0.2) is 50.1 Å². The molecule has 1 atom stereocenters. The smallest absolute Gasteiger partial charge is 0.265 e. The number of carbonyl (C=O) groups is 1. The highest BCUT2D eigenvalue weighted by Gasteiger charge is 2.17. The van der Waals surface area contributed by atoms with Crippen LogP contribution in [0.25, 0.3) is 0 Å². The Hall–Kier alpha value is -2.24. The van der Waals surface area contributed by atoms with Crippen molar-refractivity contribution in [3.05, 3.63) is 53.1 Å². The number of hydrogen-bond acceptors (Lipinski definition) is 4. The summed E-state index contributed by atoms with van der Waals surface area (Å²) in [5.74, 6) is 0.476. The van der Waals surface area contributed by atoms with E-state index in [0.29, 0.717) is 10.8 Å². The largest absolute Gasteiger partial charge is 0.481 e. The molecular weight excluding hydrogens is 362 g/mol. The first-order valence-electron chi connectivity index (χ1n) is 9.19. The van der Waals surface area contributed by atoms with Crippen LogP contribution in [0.4, 0.5) is 11.4 Å². The molecule has 144 valence electrons. The fourth-order valence-corrected chi connectivity index (χ4v) is 3.28. The molecule has 0 aliphatic carbocycles. The molecule has 5 nitrogen and oxygen atoms in total. The van der Waals surface area contributed by atoms with Crippen molar-refractivity contribution in [3.63, 3.8) is 0 Å². The molecule has 1 saturated heterocycles. The van der Waals surface area contributed by atoms with Crippen LogP contribution in [0.5, 0.6) is 5.75 Å². The first kappa shape index (κ1) is 19.5. The summed E-state index contributed by atoms with van der Waals surface area (Å²) in [6, 6.07) is 13.3. The highest BCUT2D eigenvalue weighted by Crippen LogP contribution is 2.23. The zero-order valence-electron chi connectivity index (χ0n) is 16.0. The van der Waals surface area contributed by atoms with Crippen LogP contribution in [-0.2, 0) is 4.79 Å². The number of carbonyl (C=O) groups excluding carboxylic acids is 1. The molecule has 6 heteroatoms. The normalized spacial score (nSPS) is 16.1. The highest BCUT2D eigenvalue weighted by molar-refractivity contribution is 6.30. The van der Waals surface area contributed by atoms with Gasteiger partial charge >= 0.3 is 0 Å². The highest BCUT2D eigenvalue weighted by atomic mass is 35.5. The van der Waals surface area contributed by atoms with Gasteiger partial charge in [0.05, 0.1) is 0 Å². The van der Waals surface area contributed by atoms with Gasteiger partial charge in [-0.2, -0.15) is 0 Å². The van der Waals surface area contributed by atoms with E-state index in [1.165, 1.54) is 5.69 Å². The predicted octanol–water partition coefficient (Wildman–Crippen LogP) is 3.81. The first-order chi connectivity index (χ1) is 12.9. The molecule has 1 aliphatic heterocycles. The van der Waals surface area contributed by atoms with E-state index >= 15 is 0 Å². The molecule has 0 unspecified atom stereocenters. The van der Waals surface area contributed by atoms with Crippen molar-refractivity contribution >= 4 is 28.9 Å². The lowest BCUT2D eigenvalue weighted by molar-refractivity contribution is -0.122. The number of likely N-dealkylation sites (N-methyl/N-ethyl adjacent to an activating group) is 1. The van der Waals surface area contributed by atoms with Gasteiger partial charge in [-0.05, 0) is 68.9 Å². The molecule has 3 rings (SSSR count). The number of rotatable bonds is 5. The minimum absolute atomic E-state index is 0.184. The lowest BCUT2D eigenvalue weighted by Crippen LogP contribution is -2.44. The van der Waals surface area contributed by atoms with Crippen molar-refractivity contribution in [1.29, 1.82) is 0 Å². The molecule has 0 spiro atoms. The van der Waals surface area contributed by atoms with Crippen LogP contribution in [0.3, 0.4) is 0 Å². The third-order valence-electron chi connectivity index (χ3n) is 4.81. The van der Waals surface area contributed by atoms with Gasteiger partial charge in [0.15, 0.2) is 6.10 Å². The van der Waals surface area contributed by atoms with Crippen molar-refractivity contribution in [2.24, 2.45) is 0 Å². The average molecular weight is 388 g/mol. The van der Waals surface area contributed by atoms with Gasteiger partial charge < -0.3 is 19.9 Å². The quantitative estimate of drug-likeness (QED) is 0.847. The molecule has 27 heavy (non-hydrogen) atoms. The van der Waals surface area contributed by atoms with Gasteiger partial charge in [0.2, 0.25) is 0 Å². The van der Waals surface area contributed by atoms with E-state index in [1.807, 2.05) is 25.1 Å². The molecule has 1 aliphatic rings. The standard InChI is InChI=1S/C21H26ClN3O2/c1-15-14-17(22)4-9-20(15)27-16(2)21(26)23-18-5-7-19(8-6-18)25-12-10-24(3)11-13-25/h4-9,14,16H,10-13H2,1-3H3,(H,23,26)/t16-/m1/s1. The summed E-state index contributed by atoms with van der Waals surface area (Å²) in [5, 5.41) is 3.56. The SMILES string of the molecule is Cc1cc(Cl)ccc1O[C@H](C)C(=O)Nc1ccc(N2CCN(C)CC2)cc1. The molecule has 1 N–H and O–H groups in total. The number of anilines is 2. The summed E-state index contributed by atoms with van der Waals surface area (Å²) >= 11 is 5.96. The van der Waals surface area contributed by atoms with Gasteiger partial charge in [-0.3, -0.25) is 4.79 Å². The minimum atomic E-state index is -0.609. The number of piperazine rings is 1. The average Bonchev–Trinajstić information content (AvgIpc) is 2.65. The number of benzene rings is 2. The molecule has 0 saturated carbocycles. The third-order valence-corrected chi connectivity index (χ3v) is 5.05. The van der Waals surface area contributed by atoms with E-state index in [2.05, 4.69) is 34.3 Å². The van der Waals surface area contributed by atoms with Gasteiger partial charge in [0.1, 0.15) is 5.75 Å². The maximum Gasteiger partial charge on any atom is 0.265 e. The Labute approximate surface area is 165 Å². The maximum atomic E-state index is 12.4. The summed E-state index contributed by atoms with van der Waals surface area (Å²) in [5.41, 5.74) is 2.85. The van der Waals surface area contributed by atoms with Crippen LogP contribution in [0.15, 0.2) is 42.5 Å². The molecule has 1 amide bonds. The van der Waals surface area contributed by atoms with Crippen LogP contribution < -0.4 is 15.0 Å². The van der Waals surface area contributed by atoms with Gasteiger partial charge in [0, 0.05) is 42.6 Å². The molecule has 0 aromatic heterocycles. The van der Waals surface area contributed by atoms with Gasteiger partial charge in [-0.25, -0.2) is 0 Å². The fraction of sp³-hybridized carbons (Fsp3) is 0.381. The van der Waals surface area contributed by atoms with Crippen molar-refractivity contribution in [2.45, 2.75) is 20.0 Å². The topological polar surface area (TPSA) is 44.8 Å². The molecular formula is C21H26ClN3O2. The van der Waals surface area contributed by atoms with E-state index in [1.54, 1.807) is 19.1 Å². The second-order valence-corrected chi connectivity index (χ2v) is 7.43. The third kappa shape index (κ3) is 5.15. The van der Waals surface area contributed by atoms with Crippen molar-refractivity contribution in [3.8, 4) is 5.75 Å². The van der Waals surface area contributed by atoms with E-state index in [9.17, 15) is 4.79 Å². The lowest BCUT2D eigenvalue weighted by atomic mass is 10.2. The number of nitrogens with one attached hydrogen (secondary N) is 1. The number of amides is 1. The summed E-state index contributed by atoms with van der Waals surface area (Å²) < 4.78 is 5.78. The number of ether oxygens (including phenoxy) is 1. The van der Waals surface area contributed by atoms with Gasteiger partial charge in [0.25, 0.3) is 5.91 Å². The van der Waals surface area contributed by atoms with E-state index in [4.69, 9.17) is 16.3 Å².